The standard InChI is InChI=1S/C10H10Cl2N2O.C7H8O3S/c11-8-2-1-7(5-9(8)12)15-6-10-13-3-4-14-10;1-6-2-4-7(5-3-6)11(8,9)10/h1-2,5H,3-4,6H2,(H,13,14);2-5H,1H3,(H,8,9,10). The van der Waals surface area contributed by atoms with E-state index >= 15 is 0 Å². The Morgan fingerprint density at radius 1 is 1.15 bits per heavy atom. The number of amidine groups is 1. The zero-order chi connectivity index (χ0) is 19.2. The van der Waals surface area contributed by atoms with E-state index in [0.29, 0.717) is 22.4 Å². The molecule has 0 aliphatic carbocycles. The van der Waals surface area contributed by atoms with Crippen molar-refractivity contribution in [2.75, 3.05) is 19.7 Å². The Balaban J connectivity index is 0.000000197. The molecule has 0 atom stereocenters. The van der Waals surface area contributed by atoms with E-state index in [4.69, 9.17) is 32.5 Å². The molecule has 3 rings (SSSR count). The summed E-state index contributed by atoms with van der Waals surface area (Å²) in [5, 5.41) is 4.14. The maximum Gasteiger partial charge on any atom is 0.294 e. The van der Waals surface area contributed by atoms with Crippen molar-refractivity contribution in [1.82, 2.24) is 5.32 Å². The molecular formula is C17H18Cl2N2O4S. The lowest BCUT2D eigenvalue weighted by Gasteiger charge is -2.07. The van der Waals surface area contributed by atoms with Gasteiger partial charge in [-0.25, -0.2) is 0 Å². The summed E-state index contributed by atoms with van der Waals surface area (Å²) in [7, 11) is -4.02. The maximum absolute atomic E-state index is 10.5. The van der Waals surface area contributed by atoms with E-state index < -0.39 is 10.1 Å². The molecule has 0 saturated carbocycles. The Kier molecular flexibility index (Phi) is 7.28. The van der Waals surface area contributed by atoms with Crippen molar-refractivity contribution < 1.29 is 17.7 Å². The summed E-state index contributed by atoms with van der Waals surface area (Å²) < 4.78 is 35.0. The number of ether oxygens (including phenoxy) is 1. The number of rotatable bonds is 4. The minimum Gasteiger partial charge on any atom is -0.486 e. The normalized spacial score (nSPS) is 13.3. The highest BCUT2D eigenvalue weighted by Crippen LogP contribution is 2.26. The molecule has 0 aromatic heterocycles. The molecule has 140 valence electrons. The Hall–Kier alpha value is -1.80. The highest BCUT2D eigenvalue weighted by atomic mass is 35.5. The molecule has 2 N–H and O–H groups in total. The first-order chi connectivity index (χ1) is 12.3. The minimum atomic E-state index is -4.02. The minimum absolute atomic E-state index is 0.0666. The second-order valence-corrected chi connectivity index (χ2v) is 7.64. The fourth-order valence-corrected chi connectivity index (χ4v) is 2.74. The van der Waals surface area contributed by atoms with Gasteiger partial charge in [0.1, 0.15) is 18.2 Å². The van der Waals surface area contributed by atoms with Gasteiger partial charge in [0.05, 0.1) is 21.5 Å². The van der Waals surface area contributed by atoms with E-state index in [1.807, 2.05) is 6.92 Å². The fraction of sp³-hybridized carbons (Fsp3) is 0.235. The second kappa shape index (κ2) is 9.23. The van der Waals surface area contributed by atoms with Crippen molar-refractivity contribution in [3.63, 3.8) is 0 Å². The molecule has 2 aromatic carbocycles. The first-order valence-corrected chi connectivity index (χ1v) is 9.84. The zero-order valence-electron chi connectivity index (χ0n) is 13.9. The Morgan fingerprint density at radius 3 is 2.38 bits per heavy atom. The maximum atomic E-state index is 10.5. The van der Waals surface area contributed by atoms with Gasteiger partial charge in [-0.3, -0.25) is 9.55 Å². The largest absolute Gasteiger partial charge is 0.486 e. The van der Waals surface area contributed by atoms with E-state index in [9.17, 15) is 8.42 Å². The Morgan fingerprint density at radius 2 is 1.85 bits per heavy atom. The number of hydrogen-bond donors (Lipinski definition) is 2. The van der Waals surface area contributed by atoms with E-state index in [-0.39, 0.29) is 4.90 Å². The van der Waals surface area contributed by atoms with Crippen molar-refractivity contribution in [3.8, 4) is 5.75 Å². The number of aliphatic imine (C=N–C) groups is 1. The van der Waals surface area contributed by atoms with E-state index in [2.05, 4.69) is 10.3 Å². The molecule has 6 nitrogen and oxygen atoms in total. The average Bonchev–Trinajstić information content (AvgIpc) is 3.10. The lowest BCUT2D eigenvalue weighted by Crippen LogP contribution is -2.24. The van der Waals surface area contributed by atoms with Gasteiger partial charge >= 0.3 is 0 Å². The monoisotopic (exact) mass is 416 g/mol. The molecule has 0 spiro atoms. The van der Waals surface area contributed by atoms with Crippen LogP contribution in [0.15, 0.2) is 52.4 Å². The Labute approximate surface area is 162 Å². The number of nitrogens with one attached hydrogen (secondary N) is 1. The molecule has 0 saturated heterocycles. The van der Waals surface area contributed by atoms with Crippen molar-refractivity contribution >= 4 is 39.2 Å². The summed E-state index contributed by atoms with van der Waals surface area (Å²) in [6, 6.07) is 11.2. The van der Waals surface area contributed by atoms with Crippen LogP contribution in [0, 0.1) is 6.92 Å². The van der Waals surface area contributed by atoms with Gasteiger partial charge in [0.2, 0.25) is 0 Å². The summed E-state index contributed by atoms with van der Waals surface area (Å²) >= 11 is 11.6. The number of benzene rings is 2. The lowest BCUT2D eigenvalue weighted by atomic mass is 10.2. The molecule has 0 amide bonds. The van der Waals surface area contributed by atoms with Crippen LogP contribution in [0.2, 0.25) is 10.0 Å². The summed E-state index contributed by atoms with van der Waals surface area (Å²) in [4.78, 5) is 4.15. The molecule has 9 heteroatoms. The van der Waals surface area contributed by atoms with Crippen LogP contribution in [-0.2, 0) is 10.1 Å². The van der Waals surface area contributed by atoms with Crippen LogP contribution in [0.5, 0.6) is 5.75 Å². The number of halogens is 2. The van der Waals surface area contributed by atoms with Gasteiger partial charge in [-0.1, -0.05) is 40.9 Å². The molecule has 1 heterocycles. The zero-order valence-corrected chi connectivity index (χ0v) is 16.3. The van der Waals surface area contributed by atoms with Gasteiger partial charge in [-0.15, -0.1) is 0 Å². The third-order valence-corrected chi connectivity index (χ3v) is 4.94. The van der Waals surface area contributed by atoms with Gasteiger partial charge in [0.25, 0.3) is 10.1 Å². The molecule has 1 aliphatic rings. The molecular weight excluding hydrogens is 399 g/mol. The number of nitrogens with zero attached hydrogens (tertiary/aromatic N) is 1. The van der Waals surface area contributed by atoms with Crippen molar-refractivity contribution in [1.29, 1.82) is 0 Å². The van der Waals surface area contributed by atoms with Crippen LogP contribution in [0.4, 0.5) is 0 Å². The fourth-order valence-electron chi connectivity index (χ4n) is 1.97. The predicted octanol–water partition coefficient (Wildman–Crippen LogP) is 3.62. The number of hydrogen-bond acceptors (Lipinski definition) is 5. The summed E-state index contributed by atoms with van der Waals surface area (Å²) in [6.07, 6.45) is 0. The average molecular weight is 417 g/mol. The van der Waals surface area contributed by atoms with Crippen molar-refractivity contribution in [2.45, 2.75) is 11.8 Å². The van der Waals surface area contributed by atoms with E-state index in [1.165, 1.54) is 12.1 Å². The smallest absolute Gasteiger partial charge is 0.294 e. The van der Waals surface area contributed by atoms with Crippen LogP contribution in [-0.4, -0.2) is 38.5 Å². The second-order valence-electron chi connectivity index (χ2n) is 5.41. The summed E-state index contributed by atoms with van der Waals surface area (Å²) in [5.41, 5.74) is 0.956. The predicted molar refractivity (Wildman–Crippen MR) is 103 cm³/mol. The van der Waals surface area contributed by atoms with E-state index in [0.717, 1.165) is 24.5 Å². The molecule has 26 heavy (non-hydrogen) atoms. The van der Waals surface area contributed by atoms with Crippen LogP contribution >= 0.6 is 23.2 Å². The van der Waals surface area contributed by atoms with E-state index in [1.54, 1.807) is 30.3 Å². The highest BCUT2D eigenvalue weighted by Gasteiger charge is 2.07. The Bertz CT molecular complexity index is 884. The SMILES string of the molecule is Cc1ccc(S(=O)(=O)O)cc1.Clc1ccc(OCC2=NCCN2)cc1Cl. The molecule has 2 aromatic rings. The molecule has 0 unspecified atom stereocenters. The number of aryl methyl sites for hydroxylation is 1. The quantitative estimate of drug-likeness (QED) is 0.742. The summed E-state index contributed by atoms with van der Waals surface area (Å²) in [6.45, 7) is 3.99. The highest BCUT2D eigenvalue weighted by molar-refractivity contribution is 7.85. The first kappa shape index (κ1) is 20.5. The topological polar surface area (TPSA) is 88.0 Å². The van der Waals surface area contributed by atoms with Gasteiger partial charge in [-0.2, -0.15) is 8.42 Å². The van der Waals surface area contributed by atoms with Gasteiger partial charge in [0, 0.05) is 12.6 Å². The van der Waals surface area contributed by atoms with Crippen LogP contribution in [0.25, 0.3) is 0 Å². The third-order valence-electron chi connectivity index (χ3n) is 3.33. The van der Waals surface area contributed by atoms with Crippen molar-refractivity contribution in [3.05, 3.63) is 58.1 Å². The van der Waals surface area contributed by atoms with Gasteiger partial charge in [0.15, 0.2) is 0 Å². The van der Waals surface area contributed by atoms with Crippen LogP contribution in [0.3, 0.4) is 0 Å². The first-order valence-electron chi connectivity index (χ1n) is 7.65. The van der Waals surface area contributed by atoms with Crippen LogP contribution < -0.4 is 10.1 Å². The van der Waals surface area contributed by atoms with Crippen LogP contribution in [0.1, 0.15) is 5.56 Å². The molecule has 0 radical (unpaired) electrons. The molecule has 0 fully saturated rings. The van der Waals surface area contributed by atoms with Gasteiger partial charge < -0.3 is 10.1 Å². The lowest BCUT2D eigenvalue weighted by molar-refractivity contribution is 0.373. The van der Waals surface area contributed by atoms with Gasteiger partial charge in [-0.05, 0) is 31.2 Å². The summed E-state index contributed by atoms with van der Waals surface area (Å²) in [5.74, 6) is 1.57. The third kappa shape index (κ3) is 6.49. The molecule has 0 bridgehead atoms. The van der Waals surface area contributed by atoms with Crippen molar-refractivity contribution in [2.24, 2.45) is 4.99 Å². The molecule has 1 aliphatic heterocycles.